The second kappa shape index (κ2) is 5.92. The van der Waals surface area contributed by atoms with Gasteiger partial charge in [-0.15, -0.1) is 0 Å². The SMILES string of the molecule is O=C(CCC1C(=O)NNC1=O)Nc1ccc2c(c1)OCCO2. The van der Waals surface area contributed by atoms with E-state index >= 15 is 0 Å². The zero-order valence-electron chi connectivity index (χ0n) is 11.7. The molecule has 1 aromatic carbocycles. The average molecular weight is 305 g/mol. The summed E-state index contributed by atoms with van der Waals surface area (Å²) in [6.07, 6.45) is 0.230. The molecule has 8 nitrogen and oxygen atoms in total. The summed E-state index contributed by atoms with van der Waals surface area (Å²) in [7, 11) is 0. The number of hydrogen-bond donors (Lipinski definition) is 3. The largest absolute Gasteiger partial charge is 0.486 e. The Kier molecular flexibility index (Phi) is 3.82. The third kappa shape index (κ3) is 2.95. The summed E-state index contributed by atoms with van der Waals surface area (Å²) < 4.78 is 10.8. The zero-order valence-corrected chi connectivity index (χ0v) is 11.7. The van der Waals surface area contributed by atoms with Crippen molar-refractivity contribution in [3.63, 3.8) is 0 Å². The van der Waals surface area contributed by atoms with Gasteiger partial charge in [0, 0.05) is 18.2 Å². The Labute approximate surface area is 126 Å². The number of hydrazine groups is 1. The summed E-state index contributed by atoms with van der Waals surface area (Å²) in [6, 6.07) is 5.11. The van der Waals surface area contributed by atoms with Crippen molar-refractivity contribution in [2.24, 2.45) is 5.92 Å². The molecule has 0 atom stereocenters. The van der Waals surface area contributed by atoms with Crippen molar-refractivity contribution in [2.75, 3.05) is 18.5 Å². The highest BCUT2D eigenvalue weighted by molar-refractivity contribution is 6.05. The van der Waals surface area contributed by atoms with Crippen LogP contribution >= 0.6 is 0 Å². The van der Waals surface area contributed by atoms with Gasteiger partial charge in [0.25, 0.3) is 11.8 Å². The molecule has 1 aromatic rings. The van der Waals surface area contributed by atoms with E-state index < -0.39 is 17.7 Å². The first-order valence-electron chi connectivity index (χ1n) is 6.93. The Morgan fingerprint density at radius 2 is 1.82 bits per heavy atom. The maximum atomic E-state index is 11.9. The fourth-order valence-electron chi connectivity index (χ4n) is 2.30. The van der Waals surface area contributed by atoms with Crippen LogP contribution in [0.3, 0.4) is 0 Å². The van der Waals surface area contributed by atoms with E-state index in [1.807, 2.05) is 0 Å². The van der Waals surface area contributed by atoms with Crippen LogP contribution in [0.5, 0.6) is 11.5 Å². The van der Waals surface area contributed by atoms with Crippen LogP contribution in [-0.2, 0) is 14.4 Å². The molecule has 3 rings (SSSR count). The lowest BCUT2D eigenvalue weighted by molar-refractivity contribution is -0.128. The number of rotatable bonds is 4. The molecular formula is C14H15N3O5. The molecule has 8 heteroatoms. The van der Waals surface area contributed by atoms with Crippen LogP contribution in [0.25, 0.3) is 0 Å². The van der Waals surface area contributed by atoms with Crippen molar-refractivity contribution in [1.29, 1.82) is 0 Å². The fraction of sp³-hybridized carbons (Fsp3) is 0.357. The molecule has 116 valence electrons. The smallest absolute Gasteiger partial charge is 0.251 e. The summed E-state index contributed by atoms with van der Waals surface area (Å²) in [6.45, 7) is 0.973. The molecular weight excluding hydrogens is 290 g/mol. The summed E-state index contributed by atoms with van der Waals surface area (Å²) in [4.78, 5) is 34.6. The number of ether oxygens (including phenoxy) is 2. The third-order valence-electron chi connectivity index (χ3n) is 3.43. The van der Waals surface area contributed by atoms with Crippen LogP contribution in [0.1, 0.15) is 12.8 Å². The molecule has 3 N–H and O–H groups in total. The van der Waals surface area contributed by atoms with Gasteiger partial charge in [-0.1, -0.05) is 0 Å². The first kappa shape index (κ1) is 14.2. The first-order chi connectivity index (χ1) is 10.6. The van der Waals surface area contributed by atoms with E-state index in [1.165, 1.54) is 0 Å². The molecule has 2 aliphatic rings. The molecule has 0 aromatic heterocycles. The molecule has 0 spiro atoms. The zero-order chi connectivity index (χ0) is 15.5. The van der Waals surface area contributed by atoms with Crippen molar-refractivity contribution >= 4 is 23.4 Å². The quantitative estimate of drug-likeness (QED) is 0.677. The molecule has 2 heterocycles. The first-order valence-corrected chi connectivity index (χ1v) is 6.93. The predicted octanol–water partition coefficient (Wildman–Crippen LogP) is -0.0463. The molecule has 1 saturated heterocycles. The van der Waals surface area contributed by atoms with Crippen LogP contribution < -0.4 is 25.6 Å². The Morgan fingerprint density at radius 1 is 1.14 bits per heavy atom. The highest BCUT2D eigenvalue weighted by atomic mass is 16.6. The van der Waals surface area contributed by atoms with Gasteiger partial charge in [0.15, 0.2) is 11.5 Å². The Hall–Kier alpha value is -2.77. The number of fused-ring (bicyclic) bond motifs is 1. The number of benzene rings is 1. The van der Waals surface area contributed by atoms with Gasteiger partial charge in [0.05, 0.1) is 0 Å². The molecule has 0 saturated carbocycles. The lowest BCUT2D eigenvalue weighted by Crippen LogP contribution is -2.28. The fourth-order valence-corrected chi connectivity index (χ4v) is 2.30. The van der Waals surface area contributed by atoms with E-state index in [-0.39, 0.29) is 18.7 Å². The van der Waals surface area contributed by atoms with Crippen molar-refractivity contribution < 1.29 is 23.9 Å². The van der Waals surface area contributed by atoms with Gasteiger partial charge in [-0.3, -0.25) is 25.2 Å². The minimum atomic E-state index is -0.814. The average Bonchev–Trinajstić information content (AvgIpc) is 2.84. The Balaban J connectivity index is 1.55. The molecule has 0 radical (unpaired) electrons. The summed E-state index contributed by atoms with van der Waals surface area (Å²) in [5.74, 6) is -0.674. The van der Waals surface area contributed by atoms with Gasteiger partial charge >= 0.3 is 0 Å². The van der Waals surface area contributed by atoms with Gasteiger partial charge in [0.2, 0.25) is 5.91 Å². The normalized spacial score (nSPS) is 16.9. The predicted molar refractivity (Wildman–Crippen MR) is 75.1 cm³/mol. The molecule has 0 aliphatic carbocycles. The van der Waals surface area contributed by atoms with E-state index in [2.05, 4.69) is 16.2 Å². The second-order valence-electron chi connectivity index (χ2n) is 4.98. The lowest BCUT2D eigenvalue weighted by Gasteiger charge is -2.19. The second-order valence-corrected chi connectivity index (χ2v) is 4.98. The van der Waals surface area contributed by atoms with Gasteiger partial charge in [-0.25, -0.2) is 0 Å². The maximum Gasteiger partial charge on any atom is 0.251 e. The van der Waals surface area contributed by atoms with E-state index in [4.69, 9.17) is 9.47 Å². The number of amides is 3. The molecule has 3 amide bonds. The standard InChI is InChI=1S/C14H15N3O5/c18-12(4-2-9-13(19)16-17-14(9)20)15-8-1-3-10-11(7-8)22-6-5-21-10/h1,3,7,9H,2,4-6H2,(H,15,18)(H,16,19)(H,17,20). The van der Waals surface area contributed by atoms with Crippen LogP contribution in [-0.4, -0.2) is 30.9 Å². The third-order valence-corrected chi connectivity index (χ3v) is 3.43. The number of carbonyl (C=O) groups is 3. The van der Waals surface area contributed by atoms with Crippen molar-refractivity contribution in [1.82, 2.24) is 10.9 Å². The Bertz CT molecular complexity index is 615. The highest BCUT2D eigenvalue weighted by Crippen LogP contribution is 2.32. The monoisotopic (exact) mass is 305 g/mol. The lowest BCUT2D eigenvalue weighted by atomic mass is 10.0. The molecule has 22 heavy (non-hydrogen) atoms. The molecule has 1 fully saturated rings. The van der Waals surface area contributed by atoms with Crippen LogP contribution in [0, 0.1) is 5.92 Å². The number of carbonyl (C=O) groups excluding carboxylic acids is 3. The number of hydrogen-bond acceptors (Lipinski definition) is 5. The van der Waals surface area contributed by atoms with Crippen molar-refractivity contribution in [3.05, 3.63) is 18.2 Å². The van der Waals surface area contributed by atoms with Gasteiger partial charge in [0.1, 0.15) is 19.1 Å². The van der Waals surface area contributed by atoms with E-state index in [0.717, 1.165) is 0 Å². The number of nitrogens with one attached hydrogen (secondary N) is 3. The van der Waals surface area contributed by atoms with Gasteiger partial charge < -0.3 is 14.8 Å². The van der Waals surface area contributed by atoms with E-state index in [9.17, 15) is 14.4 Å². The van der Waals surface area contributed by atoms with Gasteiger partial charge in [-0.2, -0.15) is 0 Å². The summed E-state index contributed by atoms with van der Waals surface area (Å²) in [5, 5.41) is 2.71. The Morgan fingerprint density at radius 3 is 2.55 bits per heavy atom. The highest BCUT2D eigenvalue weighted by Gasteiger charge is 2.32. The number of anilines is 1. The maximum absolute atomic E-state index is 11.9. The molecule has 0 unspecified atom stereocenters. The minimum absolute atomic E-state index is 0.0694. The van der Waals surface area contributed by atoms with Crippen LogP contribution in [0.15, 0.2) is 18.2 Å². The van der Waals surface area contributed by atoms with E-state index in [0.29, 0.717) is 30.4 Å². The van der Waals surface area contributed by atoms with E-state index in [1.54, 1.807) is 18.2 Å². The minimum Gasteiger partial charge on any atom is -0.486 e. The van der Waals surface area contributed by atoms with Crippen LogP contribution in [0.4, 0.5) is 5.69 Å². The topological polar surface area (TPSA) is 106 Å². The summed E-state index contributed by atoms with van der Waals surface area (Å²) in [5.41, 5.74) is 5.03. The van der Waals surface area contributed by atoms with Crippen LogP contribution in [0.2, 0.25) is 0 Å². The van der Waals surface area contributed by atoms with Gasteiger partial charge in [-0.05, 0) is 18.6 Å². The summed E-state index contributed by atoms with van der Waals surface area (Å²) >= 11 is 0. The molecule has 2 aliphatic heterocycles. The van der Waals surface area contributed by atoms with Crippen molar-refractivity contribution in [3.8, 4) is 11.5 Å². The molecule has 0 bridgehead atoms. The van der Waals surface area contributed by atoms with Crippen molar-refractivity contribution in [2.45, 2.75) is 12.8 Å².